The Hall–Kier alpha value is -3.48. The Kier molecular flexibility index (Phi) is 5.12. The van der Waals surface area contributed by atoms with E-state index in [9.17, 15) is 9.18 Å². The molecule has 0 aliphatic heterocycles. The highest BCUT2D eigenvalue weighted by Gasteiger charge is 2.17. The fourth-order valence-corrected chi connectivity index (χ4v) is 3.57. The Morgan fingerprint density at radius 2 is 1.97 bits per heavy atom. The molecule has 0 bridgehead atoms. The van der Waals surface area contributed by atoms with Gasteiger partial charge in [-0.3, -0.25) is 4.79 Å². The number of halogens is 1. The average Bonchev–Trinajstić information content (AvgIpc) is 3.33. The van der Waals surface area contributed by atoms with E-state index in [1.165, 1.54) is 21.7 Å². The standard InChI is InChI=1S/C22H22FN5O/c1-14-16(18-8-4-6-10-20(18)25-14)11-12-24-22(29)21-13-28(27-26-21)15(2)17-7-3-5-9-19(17)23/h3-10,13,15,25H,11-12H2,1-2H3,(H,24,29)/t15-/m0/s1. The lowest BCUT2D eigenvalue weighted by Crippen LogP contribution is -2.26. The normalized spacial score (nSPS) is 12.2. The minimum absolute atomic E-state index is 0.212. The molecule has 2 heterocycles. The highest BCUT2D eigenvalue weighted by atomic mass is 19.1. The first-order valence-electron chi connectivity index (χ1n) is 9.55. The summed E-state index contributed by atoms with van der Waals surface area (Å²) in [4.78, 5) is 15.8. The maximum atomic E-state index is 14.0. The molecule has 4 aromatic rings. The number of amides is 1. The second-order valence-electron chi connectivity index (χ2n) is 7.06. The number of aromatic amines is 1. The predicted molar refractivity (Wildman–Crippen MR) is 109 cm³/mol. The molecule has 0 saturated carbocycles. The number of H-pyrrole nitrogens is 1. The maximum Gasteiger partial charge on any atom is 0.273 e. The number of hydrogen-bond acceptors (Lipinski definition) is 3. The minimum Gasteiger partial charge on any atom is -0.358 e. The largest absolute Gasteiger partial charge is 0.358 e. The van der Waals surface area contributed by atoms with Crippen molar-refractivity contribution >= 4 is 16.8 Å². The van der Waals surface area contributed by atoms with Crippen molar-refractivity contribution in [2.24, 2.45) is 0 Å². The summed E-state index contributed by atoms with van der Waals surface area (Å²) in [6.45, 7) is 4.33. The first kappa shape index (κ1) is 18.9. The van der Waals surface area contributed by atoms with Gasteiger partial charge in [-0.25, -0.2) is 9.07 Å². The fourth-order valence-electron chi connectivity index (χ4n) is 3.57. The summed E-state index contributed by atoms with van der Waals surface area (Å²) in [7, 11) is 0. The molecule has 0 aliphatic carbocycles. The van der Waals surface area contributed by atoms with Crippen molar-refractivity contribution in [2.45, 2.75) is 26.3 Å². The predicted octanol–water partition coefficient (Wildman–Crippen LogP) is 3.79. The van der Waals surface area contributed by atoms with Gasteiger partial charge in [0.05, 0.1) is 12.2 Å². The number of para-hydroxylation sites is 1. The monoisotopic (exact) mass is 391 g/mol. The summed E-state index contributed by atoms with van der Waals surface area (Å²) in [5.41, 5.74) is 4.10. The number of nitrogens with one attached hydrogen (secondary N) is 2. The number of nitrogens with zero attached hydrogens (tertiary/aromatic N) is 3. The van der Waals surface area contributed by atoms with Gasteiger partial charge < -0.3 is 10.3 Å². The van der Waals surface area contributed by atoms with E-state index >= 15 is 0 Å². The molecule has 0 aliphatic rings. The van der Waals surface area contributed by atoms with E-state index in [4.69, 9.17) is 0 Å². The molecule has 148 valence electrons. The average molecular weight is 391 g/mol. The van der Waals surface area contributed by atoms with Gasteiger partial charge in [-0.05, 0) is 38.0 Å². The van der Waals surface area contributed by atoms with E-state index in [1.807, 2.05) is 32.0 Å². The number of hydrogen-bond donors (Lipinski definition) is 2. The van der Waals surface area contributed by atoms with Gasteiger partial charge in [0, 0.05) is 28.7 Å². The molecule has 6 nitrogen and oxygen atoms in total. The molecule has 2 aromatic carbocycles. The Morgan fingerprint density at radius 1 is 1.21 bits per heavy atom. The number of benzene rings is 2. The van der Waals surface area contributed by atoms with Crippen molar-refractivity contribution < 1.29 is 9.18 Å². The molecule has 1 atom stereocenters. The lowest BCUT2D eigenvalue weighted by Gasteiger charge is -2.12. The Bertz CT molecular complexity index is 1160. The van der Waals surface area contributed by atoms with Crippen LogP contribution >= 0.6 is 0 Å². The Balaban J connectivity index is 1.41. The van der Waals surface area contributed by atoms with Gasteiger partial charge in [0.2, 0.25) is 0 Å². The van der Waals surface area contributed by atoms with Crippen LogP contribution in [0.5, 0.6) is 0 Å². The molecular formula is C22H22FN5O. The van der Waals surface area contributed by atoms with Gasteiger partial charge in [0.25, 0.3) is 5.91 Å². The van der Waals surface area contributed by atoms with Crippen molar-refractivity contribution in [2.75, 3.05) is 6.54 Å². The van der Waals surface area contributed by atoms with Crippen LogP contribution in [-0.4, -0.2) is 32.4 Å². The smallest absolute Gasteiger partial charge is 0.273 e. The highest BCUT2D eigenvalue weighted by Crippen LogP contribution is 2.22. The molecular weight excluding hydrogens is 369 g/mol. The van der Waals surface area contributed by atoms with E-state index in [-0.39, 0.29) is 23.5 Å². The van der Waals surface area contributed by atoms with Gasteiger partial charge in [-0.15, -0.1) is 5.10 Å². The molecule has 2 N–H and O–H groups in total. The van der Waals surface area contributed by atoms with Crippen LogP contribution in [0.15, 0.2) is 54.7 Å². The summed E-state index contributed by atoms with van der Waals surface area (Å²) in [5.74, 6) is -0.606. The number of rotatable bonds is 6. The molecule has 0 radical (unpaired) electrons. The van der Waals surface area contributed by atoms with E-state index < -0.39 is 0 Å². The molecule has 0 saturated heterocycles. The number of fused-ring (bicyclic) bond motifs is 1. The van der Waals surface area contributed by atoms with Gasteiger partial charge in [-0.2, -0.15) is 0 Å². The third-order valence-electron chi connectivity index (χ3n) is 5.18. The van der Waals surface area contributed by atoms with Gasteiger partial charge in [0.15, 0.2) is 5.69 Å². The van der Waals surface area contributed by atoms with E-state index in [1.54, 1.807) is 24.4 Å². The third-order valence-corrected chi connectivity index (χ3v) is 5.18. The first-order valence-corrected chi connectivity index (χ1v) is 9.55. The molecule has 0 spiro atoms. The molecule has 0 fully saturated rings. The first-order chi connectivity index (χ1) is 14.0. The van der Waals surface area contributed by atoms with Crippen molar-refractivity contribution in [3.8, 4) is 0 Å². The fraction of sp³-hybridized carbons (Fsp3) is 0.227. The van der Waals surface area contributed by atoms with Crippen molar-refractivity contribution in [1.29, 1.82) is 0 Å². The number of aryl methyl sites for hydroxylation is 1. The Labute approximate surface area is 167 Å². The SMILES string of the molecule is Cc1[nH]c2ccccc2c1CCNC(=O)c1cn([C@@H](C)c2ccccc2F)nn1. The summed E-state index contributed by atoms with van der Waals surface area (Å²) in [5, 5.41) is 12.0. The number of carbonyl (C=O) groups excluding carboxylic acids is 1. The second kappa shape index (κ2) is 7.87. The van der Waals surface area contributed by atoms with Crippen LogP contribution in [0.2, 0.25) is 0 Å². The van der Waals surface area contributed by atoms with Crippen LogP contribution in [-0.2, 0) is 6.42 Å². The van der Waals surface area contributed by atoms with Crippen LogP contribution in [0, 0.1) is 12.7 Å². The third kappa shape index (κ3) is 3.76. The Morgan fingerprint density at radius 3 is 2.79 bits per heavy atom. The second-order valence-corrected chi connectivity index (χ2v) is 7.06. The van der Waals surface area contributed by atoms with Gasteiger partial charge >= 0.3 is 0 Å². The van der Waals surface area contributed by atoms with Crippen molar-refractivity contribution in [3.05, 3.63) is 83.1 Å². The molecule has 2 aromatic heterocycles. The summed E-state index contributed by atoms with van der Waals surface area (Å²) < 4.78 is 15.5. The molecule has 7 heteroatoms. The van der Waals surface area contributed by atoms with Crippen LogP contribution in [0.4, 0.5) is 4.39 Å². The zero-order valence-corrected chi connectivity index (χ0v) is 16.3. The lowest BCUT2D eigenvalue weighted by atomic mass is 10.1. The topological polar surface area (TPSA) is 75.6 Å². The summed E-state index contributed by atoms with van der Waals surface area (Å²) in [6, 6.07) is 14.3. The highest BCUT2D eigenvalue weighted by molar-refractivity contribution is 5.92. The zero-order chi connectivity index (χ0) is 20.4. The van der Waals surface area contributed by atoms with Gasteiger partial charge in [0.1, 0.15) is 5.82 Å². The number of aromatic nitrogens is 4. The van der Waals surface area contributed by atoms with Crippen molar-refractivity contribution in [1.82, 2.24) is 25.3 Å². The number of carbonyl (C=O) groups is 1. The molecule has 4 rings (SSSR count). The molecule has 1 amide bonds. The molecule has 29 heavy (non-hydrogen) atoms. The lowest BCUT2D eigenvalue weighted by molar-refractivity contribution is 0.0949. The van der Waals surface area contributed by atoms with Crippen LogP contribution in [0.3, 0.4) is 0 Å². The van der Waals surface area contributed by atoms with Crippen molar-refractivity contribution in [3.63, 3.8) is 0 Å². The van der Waals surface area contributed by atoms with E-state index in [0.29, 0.717) is 18.5 Å². The zero-order valence-electron chi connectivity index (χ0n) is 16.3. The van der Waals surface area contributed by atoms with E-state index in [0.717, 1.165) is 11.2 Å². The van der Waals surface area contributed by atoms with Crippen LogP contribution in [0.25, 0.3) is 10.9 Å². The minimum atomic E-state index is -0.362. The van der Waals surface area contributed by atoms with Crippen LogP contribution < -0.4 is 5.32 Å². The van der Waals surface area contributed by atoms with E-state index in [2.05, 4.69) is 26.7 Å². The summed E-state index contributed by atoms with van der Waals surface area (Å²) in [6.07, 6.45) is 2.25. The van der Waals surface area contributed by atoms with Crippen LogP contribution in [0.1, 0.15) is 40.3 Å². The quantitative estimate of drug-likeness (QED) is 0.525. The van der Waals surface area contributed by atoms with Gasteiger partial charge in [-0.1, -0.05) is 41.6 Å². The summed E-state index contributed by atoms with van der Waals surface area (Å²) >= 11 is 0. The maximum absolute atomic E-state index is 14.0. The molecule has 0 unspecified atom stereocenters.